The van der Waals surface area contributed by atoms with E-state index < -0.39 is 0 Å². The van der Waals surface area contributed by atoms with Gasteiger partial charge in [-0.15, -0.1) is 0 Å². The molecule has 3 aromatic rings. The van der Waals surface area contributed by atoms with Gasteiger partial charge in [-0.2, -0.15) is 5.10 Å². The van der Waals surface area contributed by atoms with Crippen LogP contribution in [0, 0.1) is 23.5 Å². The number of para-hydroxylation sites is 1. The highest BCUT2D eigenvalue weighted by Gasteiger charge is 2.43. The topological polar surface area (TPSA) is 25.5 Å². The molecule has 0 radical (unpaired) electrons. The summed E-state index contributed by atoms with van der Waals surface area (Å²) in [4.78, 5) is 2.49. The Kier molecular flexibility index (Phi) is 3.51. The summed E-state index contributed by atoms with van der Waals surface area (Å²) in [5.74, 6) is 1.79. The average molecular weight is 353 g/mol. The zero-order chi connectivity index (χ0) is 17.1. The second-order valence-electron chi connectivity index (χ2n) is 7.88. The third kappa shape index (κ3) is 2.61. The average Bonchev–Trinajstić information content (AvgIpc) is 3.50. The van der Waals surface area contributed by atoms with Gasteiger partial charge in [-0.3, -0.25) is 9.30 Å². The van der Waals surface area contributed by atoms with Gasteiger partial charge in [-0.1, -0.05) is 18.2 Å². The lowest BCUT2D eigenvalue weighted by Crippen LogP contribution is -2.37. The molecule has 5 rings (SSSR count). The molecule has 2 aromatic heterocycles. The summed E-state index contributed by atoms with van der Waals surface area (Å²) in [6.45, 7) is 2.93. The third-order valence-electron chi connectivity index (χ3n) is 5.86. The van der Waals surface area contributed by atoms with Gasteiger partial charge in [-0.25, -0.2) is 4.68 Å². The molecule has 0 atom stereocenters. The van der Waals surface area contributed by atoms with Crippen LogP contribution in [0.2, 0.25) is 0 Å². The van der Waals surface area contributed by atoms with Crippen molar-refractivity contribution in [2.45, 2.75) is 45.3 Å². The molecular weight excluding hydrogens is 328 g/mol. The number of pyridine rings is 1. The van der Waals surface area contributed by atoms with Gasteiger partial charge in [-0.05, 0) is 81.4 Å². The standard InChI is InChI=1S/C20H24N4S/c1-13-11-18-21-23(12-22(2)19(14-7-8-14)15-9-10-15)20(25)24(18)17-6-4-3-5-16(13)17/h3-6,11,14-15,19H,7-10,12H2,1-2H3. The molecule has 0 bridgehead atoms. The van der Waals surface area contributed by atoms with E-state index >= 15 is 0 Å². The Morgan fingerprint density at radius 2 is 1.88 bits per heavy atom. The molecule has 5 heteroatoms. The zero-order valence-corrected chi connectivity index (χ0v) is 15.7. The fraction of sp³-hybridized carbons (Fsp3) is 0.500. The first-order valence-electron chi connectivity index (χ1n) is 9.31. The second-order valence-corrected chi connectivity index (χ2v) is 8.25. The molecule has 2 heterocycles. The minimum atomic E-state index is 0.713. The minimum absolute atomic E-state index is 0.713. The smallest absolute Gasteiger partial charge is 0.204 e. The summed E-state index contributed by atoms with van der Waals surface area (Å²) >= 11 is 5.80. The van der Waals surface area contributed by atoms with Gasteiger partial charge in [0.25, 0.3) is 0 Å². The van der Waals surface area contributed by atoms with Crippen molar-refractivity contribution in [3.8, 4) is 0 Å². The summed E-state index contributed by atoms with van der Waals surface area (Å²) in [5, 5.41) is 6.08. The largest absolute Gasteiger partial charge is 0.284 e. The van der Waals surface area contributed by atoms with Crippen molar-refractivity contribution in [3.63, 3.8) is 0 Å². The number of benzene rings is 1. The first-order chi connectivity index (χ1) is 12.1. The molecule has 2 fully saturated rings. The summed E-state index contributed by atoms with van der Waals surface area (Å²) in [5.41, 5.74) is 3.35. The quantitative estimate of drug-likeness (QED) is 0.636. The highest BCUT2D eigenvalue weighted by atomic mass is 32.1. The molecular formula is C20H24N4S. The number of fused-ring (bicyclic) bond motifs is 3. The van der Waals surface area contributed by atoms with E-state index in [-0.39, 0.29) is 0 Å². The maximum atomic E-state index is 5.80. The van der Waals surface area contributed by atoms with Crippen LogP contribution < -0.4 is 0 Å². The molecule has 0 amide bonds. The number of nitrogens with zero attached hydrogens (tertiary/aromatic N) is 4. The Morgan fingerprint density at radius 3 is 2.56 bits per heavy atom. The van der Waals surface area contributed by atoms with Crippen LogP contribution in [0.25, 0.3) is 16.6 Å². The molecule has 130 valence electrons. The van der Waals surface area contributed by atoms with Crippen molar-refractivity contribution in [1.29, 1.82) is 0 Å². The maximum Gasteiger partial charge on any atom is 0.204 e. The molecule has 2 aliphatic carbocycles. The van der Waals surface area contributed by atoms with Crippen molar-refractivity contribution in [1.82, 2.24) is 19.1 Å². The summed E-state index contributed by atoms with van der Waals surface area (Å²) < 4.78 is 4.92. The van der Waals surface area contributed by atoms with Crippen LogP contribution >= 0.6 is 12.2 Å². The molecule has 0 N–H and O–H groups in total. The minimum Gasteiger partial charge on any atom is -0.284 e. The van der Waals surface area contributed by atoms with Gasteiger partial charge < -0.3 is 0 Å². The first-order valence-corrected chi connectivity index (χ1v) is 9.72. The number of hydrogen-bond donors (Lipinski definition) is 0. The highest BCUT2D eigenvalue weighted by molar-refractivity contribution is 7.71. The Morgan fingerprint density at radius 1 is 1.20 bits per heavy atom. The molecule has 0 saturated heterocycles. The van der Waals surface area contributed by atoms with Gasteiger partial charge in [0.05, 0.1) is 12.2 Å². The van der Waals surface area contributed by atoms with Gasteiger partial charge in [0.2, 0.25) is 4.77 Å². The maximum absolute atomic E-state index is 5.80. The molecule has 2 aliphatic rings. The predicted molar refractivity (Wildman–Crippen MR) is 103 cm³/mol. The SMILES string of the molecule is Cc1cc2nn(CN(C)C(C3CC3)C3CC3)c(=S)n2c2ccccc12. The molecule has 4 nitrogen and oxygen atoms in total. The lowest BCUT2D eigenvalue weighted by atomic mass is 10.1. The first kappa shape index (κ1) is 15.5. The van der Waals surface area contributed by atoms with Crippen LogP contribution in [-0.2, 0) is 6.67 Å². The van der Waals surface area contributed by atoms with Crippen molar-refractivity contribution in [2.75, 3.05) is 7.05 Å². The molecule has 1 aromatic carbocycles. The molecule has 25 heavy (non-hydrogen) atoms. The van der Waals surface area contributed by atoms with Crippen LogP contribution in [-0.4, -0.2) is 32.2 Å². The lowest BCUT2D eigenvalue weighted by Gasteiger charge is -2.27. The summed E-state index contributed by atoms with van der Waals surface area (Å²) in [6.07, 6.45) is 5.58. The summed E-state index contributed by atoms with van der Waals surface area (Å²) in [6, 6.07) is 11.3. The van der Waals surface area contributed by atoms with E-state index in [2.05, 4.69) is 53.6 Å². The van der Waals surface area contributed by atoms with Crippen LogP contribution in [0.5, 0.6) is 0 Å². The van der Waals surface area contributed by atoms with Crippen LogP contribution in [0.3, 0.4) is 0 Å². The number of hydrogen-bond acceptors (Lipinski definition) is 3. The van der Waals surface area contributed by atoms with Crippen LogP contribution in [0.15, 0.2) is 30.3 Å². The highest BCUT2D eigenvalue weighted by Crippen LogP contribution is 2.46. The fourth-order valence-corrected chi connectivity index (χ4v) is 4.69. The van der Waals surface area contributed by atoms with E-state index in [1.54, 1.807) is 0 Å². The lowest BCUT2D eigenvalue weighted by molar-refractivity contribution is 0.145. The van der Waals surface area contributed by atoms with E-state index in [0.717, 1.165) is 34.4 Å². The van der Waals surface area contributed by atoms with Gasteiger partial charge in [0, 0.05) is 11.4 Å². The van der Waals surface area contributed by atoms with E-state index in [4.69, 9.17) is 17.3 Å². The number of rotatable bonds is 5. The van der Waals surface area contributed by atoms with Crippen molar-refractivity contribution in [3.05, 3.63) is 40.7 Å². The van der Waals surface area contributed by atoms with Gasteiger partial charge >= 0.3 is 0 Å². The Bertz CT molecular complexity index is 998. The number of aryl methyl sites for hydroxylation is 1. The molecule has 2 saturated carbocycles. The van der Waals surface area contributed by atoms with E-state index in [1.165, 1.54) is 36.6 Å². The summed E-state index contributed by atoms with van der Waals surface area (Å²) in [7, 11) is 2.25. The Labute approximate surface area is 153 Å². The molecule has 0 aliphatic heterocycles. The molecule has 0 unspecified atom stereocenters. The number of aromatic nitrogens is 3. The van der Waals surface area contributed by atoms with Crippen molar-refractivity contribution in [2.24, 2.45) is 11.8 Å². The van der Waals surface area contributed by atoms with Crippen molar-refractivity contribution >= 4 is 28.8 Å². The Balaban J connectivity index is 1.56. The van der Waals surface area contributed by atoms with Gasteiger partial charge in [0.1, 0.15) is 0 Å². The van der Waals surface area contributed by atoms with Crippen LogP contribution in [0.1, 0.15) is 31.2 Å². The second kappa shape index (κ2) is 5.64. The molecule has 0 spiro atoms. The van der Waals surface area contributed by atoms with E-state index in [1.807, 2.05) is 4.68 Å². The monoisotopic (exact) mass is 352 g/mol. The third-order valence-corrected chi connectivity index (χ3v) is 6.25. The van der Waals surface area contributed by atoms with Crippen LogP contribution in [0.4, 0.5) is 0 Å². The predicted octanol–water partition coefficient (Wildman–Crippen LogP) is 4.40. The fourth-order valence-electron chi connectivity index (χ4n) is 4.40. The van der Waals surface area contributed by atoms with E-state index in [0.29, 0.717) is 6.04 Å². The zero-order valence-electron chi connectivity index (χ0n) is 14.9. The Hall–Kier alpha value is -1.72. The van der Waals surface area contributed by atoms with E-state index in [9.17, 15) is 0 Å². The van der Waals surface area contributed by atoms with Gasteiger partial charge in [0.15, 0.2) is 5.65 Å². The normalized spacial score (nSPS) is 18.1. The van der Waals surface area contributed by atoms with Crippen molar-refractivity contribution < 1.29 is 0 Å².